The van der Waals surface area contributed by atoms with Gasteiger partial charge in [0.2, 0.25) is 0 Å². The molecule has 2 N–H and O–H groups in total. The maximum Gasteiger partial charge on any atom is 0.416 e. The summed E-state index contributed by atoms with van der Waals surface area (Å²) in [5.41, 5.74) is 4.33. The number of carbonyl (C=O) groups excluding carboxylic acids is 1. The highest BCUT2D eigenvalue weighted by Crippen LogP contribution is 2.42. The lowest BCUT2D eigenvalue weighted by atomic mass is 9.65. The van der Waals surface area contributed by atoms with Crippen LogP contribution in [-0.2, 0) is 17.4 Å². The largest absolute Gasteiger partial charge is 0.416 e. The van der Waals surface area contributed by atoms with Gasteiger partial charge in [-0.25, -0.2) is 0 Å². The molecule has 1 aromatic carbocycles. The van der Waals surface area contributed by atoms with Crippen LogP contribution >= 0.6 is 0 Å². The number of alkyl halides is 3. The molecule has 0 unspecified atom stereocenters. The Hall–Kier alpha value is -1.36. The topological polar surface area (TPSA) is 43.1 Å². The summed E-state index contributed by atoms with van der Waals surface area (Å²) in [6.45, 7) is 0.222. The van der Waals surface area contributed by atoms with Crippen LogP contribution in [0.2, 0.25) is 0 Å². The molecule has 0 heterocycles. The van der Waals surface area contributed by atoms with Crippen molar-refractivity contribution in [2.24, 2.45) is 11.1 Å². The van der Waals surface area contributed by atoms with Gasteiger partial charge in [-0.15, -0.1) is 0 Å². The van der Waals surface area contributed by atoms with Gasteiger partial charge in [-0.2, -0.15) is 13.2 Å². The molecule has 0 atom stereocenters. The van der Waals surface area contributed by atoms with Crippen LogP contribution in [0.15, 0.2) is 24.3 Å². The van der Waals surface area contributed by atoms with E-state index in [2.05, 4.69) is 0 Å². The van der Waals surface area contributed by atoms with Gasteiger partial charge in [-0.1, -0.05) is 24.6 Å². The smallest absolute Gasteiger partial charge is 0.329 e. The predicted molar refractivity (Wildman–Crippen MR) is 65.5 cm³/mol. The van der Waals surface area contributed by atoms with E-state index in [1.165, 1.54) is 18.2 Å². The summed E-state index contributed by atoms with van der Waals surface area (Å²) in [5, 5.41) is 0. The fourth-order valence-electron chi connectivity index (χ4n) is 2.51. The van der Waals surface area contributed by atoms with Gasteiger partial charge in [0, 0.05) is 18.4 Å². The molecule has 0 amide bonds. The number of rotatable bonds is 4. The summed E-state index contributed by atoms with van der Waals surface area (Å²) in [6, 6.07) is 5.23. The minimum absolute atomic E-state index is 0.0414. The van der Waals surface area contributed by atoms with Crippen molar-refractivity contribution in [3.8, 4) is 0 Å². The Labute approximate surface area is 109 Å². The third-order valence-electron chi connectivity index (χ3n) is 3.97. The van der Waals surface area contributed by atoms with Gasteiger partial charge in [0.05, 0.1) is 5.56 Å². The minimum atomic E-state index is -4.42. The first kappa shape index (κ1) is 14.1. The number of hydrogen-bond acceptors (Lipinski definition) is 2. The molecule has 2 rings (SSSR count). The second-order valence-corrected chi connectivity index (χ2v) is 5.09. The van der Waals surface area contributed by atoms with Crippen LogP contribution in [0.4, 0.5) is 13.2 Å². The molecule has 1 aromatic rings. The molecule has 5 heteroatoms. The van der Waals surface area contributed by atoms with Crippen molar-refractivity contribution < 1.29 is 18.0 Å². The normalized spacial score (nSPS) is 17.9. The van der Waals surface area contributed by atoms with Crippen molar-refractivity contribution in [1.82, 2.24) is 0 Å². The number of carbonyl (C=O) groups is 1. The first-order valence-electron chi connectivity index (χ1n) is 6.27. The first-order chi connectivity index (χ1) is 8.89. The van der Waals surface area contributed by atoms with E-state index in [0.29, 0.717) is 12.8 Å². The molecule has 2 nitrogen and oxygen atoms in total. The fraction of sp³-hybridized carbons (Fsp3) is 0.500. The Morgan fingerprint density at radius 3 is 2.37 bits per heavy atom. The molecule has 0 radical (unpaired) electrons. The first-order valence-corrected chi connectivity index (χ1v) is 6.27. The van der Waals surface area contributed by atoms with Gasteiger partial charge in [0.15, 0.2) is 0 Å². The number of benzene rings is 1. The molecule has 1 saturated carbocycles. The van der Waals surface area contributed by atoms with Gasteiger partial charge >= 0.3 is 6.18 Å². The summed E-state index contributed by atoms with van der Waals surface area (Å²) in [5.74, 6) is -0.169. The molecule has 0 aliphatic heterocycles. The fourth-order valence-corrected chi connectivity index (χ4v) is 2.51. The second-order valence-electron chi connectivity index (χ2n) is 5.09. The number of ketones is 1. The average molecular weight is 271 g/mol. The average Bonchev–Trinajstić information content (AvgIpc) is 2.27. The van der Waals surface area contributed by atoms with Crippen LogP contribution in [0.3, 0.4) is 0 Å². The van der Waals surface area contributed by atoms with Crippen LogP contribution in [0.1, 0.15) is 30.4 Å². The van der Waals surface area contributed by atoms with Crippen LogP contribution in [0, 0.1) is 5.41 Å². The van der Waals surface area contributed by atoms with Crippen molar-refractivity contribution in [2.45, 2.75) is 31.9 Å². The van der Waals surface area contributed by atoms with Crippen molar-refractivity contribution in [2.75, 3.05) is 6.54 Å². The van der Waals surface area contributed by atoms with Crippen molar-refractivity contribution >= 4 is 5.78 Å². The highest BCUT2D eigenvalue weighted by molar-refractivity contribution is 5.88. The summed E-state index contributed by atoms with van der Waals surface area (Å²) in [4.78, 5) is 12.2. The molecule has 1 aliphatic rings. The maximum atomic E-state index is 12.8. The standard InChI is InChI=1S/C14H16F3NO/c15-14(16,17)11-5-2-1-4-10(11)8-12(19)13(9-18)6-3-7-13/h1-2,4-5H,3,6-9,18H2. The van der Waals surface area contributed by atoms with E-state index in [4.69, 9.17) is 5.73 Å². The molecule has 19 heavy (non-hydrogen) atoms. The van der Waals surface area contributed by atoms with E-state index in [-0.39, 0.29) is 24.3 Å². The van der Waals surface area contributed by atoms with E-state index in [0.717, 1.165) is 12.5 Å². The zero-order valence-electron chi connectivity index (χ0n) is 10.5. The van der Waals surface area contributed by atoms with Crippen molar-refractivity contribution in [1.29, 1.82) is 0 Å². The van der Waals surface area contributed by atoms with Gasteiger partial charge in [0.25, 0.3) is 0 Å². The molecule has 1 fully saturated rings. The lowest BCUT2D eigenvalue weighted by Gasteiger charge is -2.39. The highest BCUT2D eigenvalue weighted by atomic mass is 19.4. The summed E-state index contributed by atoms with van der Waals surface area (Å²) in [7, 11) is 0. The second kappa shape index (κ2) is 4.96. The highest BCUT2D eigenvalue weighted by Gasteiger charge is 2.43. The quantitative estimate of drug-likeness (QED) is 0.915. The number of nitrogens with two attached hydrogens (primary N) is 1. The minimum Gasteiger partial charge on any atom is -0.329 e. The van der Waals surface area contributed by atoms with Crippen LogP contribution in [-0.4, -0.2) is 12.3 Å². The number of hydrogen-bond donors (Lipinski definition) is 1. The number of Topliss-reactive ketones (excluding diaryl/α,β-unsaturated/α-hetero) is 1. The summed E-state index contributed by atoms with van der Waals surface area (Å²) >= 11 is 0. The van der Waals surface area contributed by atoms with Gasteiger partial charge in [-0.3, -0.25) is 4.79 Å². The molecule has 0 saturated heterocycles. The molecule has 0 bridgehead atoms. The molecular formula is C14H16F3NO. The van der Waals surface area contributed by atoms with Gasteiger partial charge in [0.1, 0.15) is 5.78 Å². The predicted octanol–water partition coefficient (Wildman–Crippen LogP) is 2.95. The van der Waals surface area contributed by atoms with Crippen molar-refractivity contribution in [3.05, 3.63) is 35.4 Å². The lowest BCUT2D eigenvalue weighted by Crippen LogP contribution is -2.45. The maximum absolute atomic E-state index is 12.8. The van der Waals surface area contributed by atoms with Gasteiger partial charge in [-0.05, 0) is 24.5 Å². The number of halogens is 3. The Kier molecular flexibility index (Phi) is 3.67. The van der Waals surface area contributed by atoms with E-state index in [1.54, 1.807) is 0 Å². The lowest BCUT2D eigenvalue weighted by molar-refractivity contribution is -0.138. The summed E-state index contributed by atoms with van der Waals surface area (Å²) < 4.78 is 38.5. The monoisotopic (exact) mass is 271 g/mol. The molecule has 0 aromatic heterocycles. The third kappa shape index (κ3) is 2.66. The molecule has 104 valence electrons. The van der Waals surface area contributed by atoms with E-state index in [9.17, 15) is 18.0 Å². The van der Waals surface area contributed by atoms with Crippen LogP contribution in [0.25, 0.3) is 0 Å². The molecule has 0 spiro atoms. The Morgan fingerprint density at radius 1 is 1.26 bits per heavy atom. The zero-order valence-corrected chi connectivity index (χ0v) is 10.5. The molecule has 1 aliphatic carbocycles. The van der Waals surface area contributed by atoms with Crippen LogP contribution < -0.4 is 5.73 Å². The Balaban J connectivity index is 2.22. The van der Waals surface area contributed by atoms with Crippen LogP contribution in [0.5, 0.6) is 0 Å². The van der Waals surface area contributed by atoms with E-state index >= 15 is 0 Å². The zero-order chi connectivity index (χ0) is 14.1. The van der Waals surface area contributed by atoms with E-state index < -0.39 is 17.2 Å². The van der Waals surface area contributed by atoms with Gasteiger partial charge < -0.3 is 5.73 Å². The summed E-state index contributed by atoms with van der Waals surface area (Å²) in [6.07, 6.45) is -2.31. The third-order valence-corrected chi connectivity index (χ3v) is 3.97. The SMILES string of the molecule is NCC1(C(=O)Cc2ccccc2C(F)(F)F)CCC1. The molecular weight excluding hydrogens is 255 g/mol. The Morgan fingerprint density at radius 2 is 1.89 bits per heavy atom. The van der Waals surface area contributed by atoms with E-state index in [1.807, 2.05) is 0 Å². The van der Waals surface area contributed by atoms with Crippen molar-refractivity contribution in [3.63, 3.8) is 0 Å². The Bertz CT molecular complexity index is 472.